The van der Waals surface area contributed by atoms with Gasteiger partial charge in [0.25, 0.3) is 5.91 Å². The second-order valence-electron chi connectivity index (χ2n) is 8.73. The Kier molecular flexibility index (Phi) is 4.98. The van der Waals surface area contributed by atoms with Crippen molar-refractivity contribution in [2.45, 2.75) is 58.2 Å². The Morgan fingerprint density at radius 3 is 2.41 bits per heavy atom. The smallest absolute Gasteiger partial charge is 0.251 e. The summed E-state index contributed by atoms with van der Waals surface area (Å²) in [5.41, 5.74) is 6.53. The van der Waals surface area contributed by atoms with E-state index in [0.717, 1.165) is 25.7 Å². The first-order valence-electron chi connectivity index (χ1n) is 10.2. The molecule has 2 aromatic rings. The summed E-state index contributed by atoms with van der Waals surface area (Å²) in [5.74, 6) is -0.0426. The molecule has 1 amide bonds. The van der Waals surface area contributed by atoms with Crippen LogP contribution in [0.4, 0.5) is 4.39 Å². The molecule has 1 aromatic carbocycles. The van der Waals surface area contributed by atoms with Crippen molar-refractivity contribution in [1.82, 2.24) is 8.87 Å². The van der Waals surface area contributed by atoms with Gasteiger partial charge in [0, 0.05) is 17.1 Å². The lowest BCUT2D eigenvalue weighted by atomic mass is 9.85. The molecule has 2 fully saturated rings. The highest BCUT2D eigenvalue weighted by molar-refractivity contribution is 7.88. The molecule has 2 bridgehead atoms. The molecule has 3 atom stereocenters. The van der Waals surface area contributed by atoms with Crippen LogP contribution in [-0.4, -0.2) is 35.5 Å². The Morgan fingerprint density at radius 2 is 1.86 bits per heavy atom. The summed E-state index contributed by atoms with van der Waals surface area (Å²) in [5, 5.41) is 0.416. The van der Waals surface area contributed by atoms with Gasteiger partial charge in [0.05, 0.1) is 23.5 Å². The van der Waals surface area contributed by atoms with E-state index >= 15 is 0 Å². The number of para-hydroxylation sites is 1. The third kappa shape index (κ3) is 3.36. The van der Waals surface area contributed by atoms with E-state index in [0.29, 0.717) is 22.9 Å². The molecular formula is C21H28FN3O3S. The number of hydrogen-bond acceptors (Lipinski definition) is 3. The number of nitrogens with two attached hydrogens (primary N) is 1. The predicted octanol–water partition coefficient (Wildman–Crippen LogP) is 3.55. The third-order valence-electron chi connectivity index (χ3n) is 6.81. The van der Waals surface area contributed by atoms with Gasteiger partial charge in [-0.1, -0.05) is 25.0 Å². The van der Waals surface area contributed by atoms with Crippen molar-refractivity contribution in [2.75, 3.05) is 6.26 Å². The summed E-state index contributed by atoms with van der Waals surface area (Å²) in [6.07, 6.45) is 5.69. The van der Waals surface area contributed by atoms with Crippen molar-refractivity contribution in [1.29, 1.82) is 0 Å². The number of carbonyl (C=O) groups is 1. The largest absolute Gasteiger partial charge is 0.366 e. The molecule has 6 nitrogen and oxygen atoms in total. The maximum Gasteiger partial charge on any atom is 0.251 e. The van der Waals surface area contributed by atoms with Crippen LogP contribution in [0.15, 0.2) is 18.2 Å². The van der Waals surface area contributed by atoms with Gasteiger partial charge in [0.2, 0.25) is 10.0 Å². The summed E-state index contributed by atoms with van der Waals surface area (Å²) >= 11 is 0. The molecule has 0 saturated heterocycles. The van der Waals surface area contributed by atoms with E-state index in [1.165, 1.54) is 29.1 Å². The number of hydrogen-bond donors (Lipinski definition) is 1. The first-order valence-corrected chi connectivity index (χ1v) is 12.0. The third-order valence-corrected chi connectivity index (χ3v) is 8.18. The Labute approximate surface area is 170 Å². The predicted molar refractivity (Wildman–Crippen MR) is 110 cm³/mol. The van der Waals surface area contributed by atoms with Gasteiger partial charge in [-0.05, 0) is 51.0 Å². The number of benzene rings is 1. The normalized spacial score (nSPS) is 25.6. The Bertz CT molecular complexity index is 1070. The number of carbonyl (C=O) groups excluding carboxylic acids is 1. The van der Waals surface area contributed by atoms with E-state index in [4.69, 9.17) is 5.73 Å². The Morgan fingerprint density at radius 1 is 1.24 bits per heavy atom. The minimum Gasteiger partial charge on any atom is -0.366 e. The lowest BCUT2D eigenvalue weighted by Crippen LogP contribution is -2.46. The van der Waals surface area contributed by atoms with Gasteiger partial charge in [0.15, 0.2) is 0 Å². The van der Waals surface area contributed by atoms with Crippen LogP contribution >= 0.6 is 0 Å². The first-order chi connectivity index (χ1) is 13.6. The summed E-state index contributed by atoms with van der Waals surface area (Å²) < 4.78 is 43.8. The summed E-state index contributed by atoms with van der Waals surface area (Å²) in [6, 6.07) is 4.39. The average Bonchev–Trinajstić information content (AvgIpc) is 3.10. The number of amides is 1. The Hall–Kier alpha value is -1.93. The summed E-state index contributed by atoms with van der Waals surface area (Å²) in [6.45, 7) is 3.46. The maximum atomic E-state index is 14.9. The number of primary amides is 1. The molecular weight excluding hydrogens is 393 g/mol. The SMILES string of the molecule is Cc1c(C(N)=O)c2cccc(F)c2n1C(C)N(C1CC2CCC(C2)C1)S(C)(=O)=O. The topological polar surface area (TPSA) is 85.4 Å². The van der Waals surface area contributed by atoms with E-state index in [-0.39, 0.29) is 17.1 Å². The number of sulfonamides is 1. The molecule has 29 heavy (non-hydrogen) atoms. The lowest BCUT2D eigenvalue weighted by Gasteiger charge is -2.40. The standard InChI is InChI=1S/C21H28FN3O3S/c1-12-19(21(23)26)17-5-4-6-18(22)20(17)24(12)13(2)25(29(3,27)28)16-10-14-7-8-15(9-14)11-16/h4-6,13-16H,7-11H2,1-3H3,(H2,23,26). The first kappa shape index (κ1) is 20.3. The molecule has 1 heterocycles. The number of halogens is 1. The van der Waals surface area contributed by atoms with Crippen LogP contribution in [0.2, 0.25) is 0 Å². The van der Waals surface area contributed by atoms with Crippen molar-refractivity contribution in [3.05, 3.63) is 35.3 Å². The van der Waals surface area contributed by atoms with Crippen LogP contribution in [-0.2, 0) is 10.0 Å². The second-order valence-corrected chi connectivity index (χ2v) is 10.6. The van der Waals surface area contributed by atoms with Crippen LogP contribution < -0.4 is 5.73 Å². The molecule has 0 radical (unpaired) electrons. The van der Waals surface area contributed by atoms with E-state index in [2.05, 4.69) is 0 Å². The molecule has 2 aliphatic rings. The number of rotatable bonds is 5. The van der Waals surface area contributed by atoms with Gasteiger partial charge < -0.3 is 10.3 Å². The van der Waals surface area contributed by atoms with Crippen LogP contribution in [0.1, 0.15) is 61.2 Å². The molecule has 158 valence electrons. The fraction of sp³-hybridized carbons (Fsp3) is 0.571. The summed E-state index contributed by atoms with van der Waals surface area (Å²) in [7, 11) is -3.57. The van der Waals surface area contributed by atoms with Crippen molar-refractivity contribution in [3.8, 4) is 0 Å². The minimum atomic E-state index is -3.57. The molecule has 0 spiro atoms. The van der Waals surface area contributed by atoms with Gasteiger partial charge in [-0.3, -0.25) is 4.79 Å². The molecule has 1 aromatic heterocycles. The van der Waals surface area contributed by atoms with E-state index < -0.39 is 27.9 Å². The van der Waals surface area contributed by atoms with Gasteiger partial charge >= 0.3 is 0 Å². The van der Waals surface area contributed by atoms with Crippen molar-refractivity contribution < 1.29 is 17.6 Å². The minimum absolute atomic E-state index is 0.119. The highest BCUT2D eigenvalue weighted by atomic mass is 32.2. The fourth-order valence-electron chi connectivity index (χ4n) is 5.87. The Balaban J connectivity index is 1.87. The monoisotopic (exact) mass is 421 g/mol. The zero-order chi connectivity index (χ0) is 21.1. The zero-order valence-corrected chi connectivity index (χ0v) is 17.9. The molecule has 3 unspecified atom stereocenters. The van der Waals surface area contributed by atoms with Crippen molar-refractivity contribution >= 4 is 26.8 Å². The second kappa shape index (κ2) is 7.09. The number of aromatic nitrogens is 1. The van der Waals surface area contributed by atoms with E-state index in [9.17, 15) is 17.6 Å². The van der Waals surface area contributed by atoms with Gasteiger partial charge in [-0.2, -0.15) is 4.31 Å². The quantitative estimate of drug-likeness (QED) is 0.801. The maximum absolute atomic E-state index is 14.9. The number of fused-ring (bicyclic) bond motifs is 3. The molecule has 2 saturated carbocycles. The van der Waals surface area contributed by atoms with E-state index in [1.54, 1.807) is 24.5 Å². The molecule has 2 aliphatic carbocycles. The number of nitrogens with zero attached hydrogens (tertiary/aromatic N) is 2. The van der Waals surface area contributed by atoms with Crippen LogP contribution in [0.25, 0.3) is 10.9 Å². The fourth-order valence-corrected chi connectivity index (χ4v) is 7.23. The van der Waals surface area contributed by atoms with E-state index in [1.807, 2.05) is 0 Å². The van der Waals surface area contributed by atoms with Crippen molar-refractivity contribution in [3.63, 3.8) is 0 Å². The molecule has 4 rings (SSSR count). The zero-order valence-electron chi connectivity index (χ0n) is 17.1. The highest BCUT2D eigenvalue weighted by Gasteiger charge is 2.42. The summed E-state index contributed by atoms with van der Waals surface area (Å²) in [4.78, 5) is 12.1. The van der Waals surface area contributed by atoms with Crippen LogP contribution in [0, 0.1) is 24.6 Å². The molecule has 8 heteroatoms. The lowest BCUT2D eigenvalue weighted by molar-refractivity contribution is 0.100. The van der Waals surface area contributed by atoms with Crippen LogP contribution in [0.5, 0.6) is 0 Å². The molecule has 2 N–H and O–H groups in total. The van der Waals surface area contributed by atoms with Gasteiger partial charge in [-0.15, -0.1) is 0 Å². The highest BCUT2D eigenvalue weighted by Crippen LogP contribution is 2.45. The van der Waals surface area contributed by atoms with Gasteiger partial charge in [-0.25, -0.2) is 12.8 Å². The molecule has 0 aliphatic heterocycles. The van der Waals surface area contributed by atoms with Crippen LogP contribution in [0.3, 0.4) is 0 Å². The average molecular weight is 422 g/mol. The van der Waals surface area contributed by atoms with Gasteiger partial charge in [0.1, 0.15) is 5.82 Å². The van der Waals surface area contributed by atoms with Crippen molar-refractivity contribution in [2.24, 2.45) is 17.6 Å².